The first-order valence-electron chi connectivity index (χ1n) is 48.0. The minimum atomic E-state index is 0.939. The molecule has 12 aromatic carbocycles. The number of hydrogen-bond acceptors (Lipinski definition) is 11. The van der Waals surface area contributed by atoms with E-state index >= 15 is 0 Å². The van der Waals surface area contributed by atoms with Crippen LogP contribution in [0.3, 0.4) is 0 Å². The second kappa shape index (κ2) is 42.5. The Kier molecular flexibility index (Phi) is 28.9. The quantitative estimate of drug-likeness (QED) is 0.123. The average molecular weight is 1820 g/mol. The predicted molar refractivity (Wildman–Crippen MR) is 590 cm³/mol. The van der Waals surface area contributed by atoms with Gasteiger partial charge in [-0.1, -0.05) is 217 Å². The van der Waals surface area contributed by atoms with Gasteiger partial charge in [-0.15, -0.1) is 0 Å². The smallest absolute Gasteiger partial charge is 0.0967 e. The van der Waals surface area contributed by atoms with E-state index in [2.05, 4.69) is 375 Å². The van der Waals surface area contributed by atoms with Gasteiger partial charge in [-0.25, -0.2) is 4.98 Å². The van der Waals surface area contributed by atoms with Crippen molar-refractivity contribution in [3.8, 4) is 67.5 Å². The number of aryl methyl sites for hydroxylation is 19. The Morgan fingerprint density at radius 3 is 0.964 bits per heavy atom. The van der Waals surface area contributed by atoms with Crippen LogP contribution in [0.25, 0.3) is 165 Å². The van der Waals surface area contributed by atoms with E-state index in [1.165, 1.54) is 165 Å². The van der Waals surface area contributed by atoms with Crippen LogP contribution in [0.2, 0.25) is 0 Å². The van der Waals surface area contributed by atoms with Crippen LogP contribution in [0, 0.1) is 132 Å². The monoisotopic (exact) mass is 1820 g/mol. The SMILES string of the molecule is Cc1c2cc3ccccc3cc2c(C)c2cc3ccccc3cc12.Cc1ccc(C)c2c1-c1cccc3c(C)ccc-2c13.Cc1ccc(C)nc1.Cc1ccc2ccc3ccc(C)nc3c2n1.Cc1cccc(-c2cccc(-c3cccc(C)c3)n2)c1.Cc1cccc(-c2cccc(C)n2)n1.Cc1cccc(C)n1.Cc1cnc2c(c1)Cc1cc(C)cnc1-2.Cc1cnc2c(ccc3cc(C)cnc32)c1. The first kappa shape index (κ1) is 95.4. The molecule has 2 aliphatic rings. The molecule has 11 nitrogen and oxygen atoms in total. The van der Waals surface area contributed by atoms with E-state index in [1.54, 1.807) is 0 Å². The average Bonchev–Trinajstić information content (AvgIpc) is 1.64. The maximum Gasteiger partial charge on any atom is 0.0967 e. The zero-order valence-electron chi connectivity index (χ0n) is 83.6. The Labute approximate surface area is 822 Å². The molecular weight excluding hydrogens is 1700 g/mol. The van der Waals surface area contributed by atoms with Crippen LogP contribution in [-0.4, -0.2) is 54.8 Å². The number of benzene rings is 12. The van der Waals surface area contributed by atoms with E-state index in [0.29, 0.717) is 0 Å². The highest BCUT2D eigenvalue weighted by Gasteiger charge is 2.26. The van der Waals surface area contributed by atoms with Gasteiger partial charge in [0.25, 0.3) is 0 Å². The molecule has 0 spiro atoms. The zero-order chi connectivity index (χ0) is 97.9. The first-order chi connectivity index (χ1) is 67.7. The standard InChI is InChI=1S/C24H18.C19H17N.C19H16.2C14H12N2.C13H12N2.C12H12N2.2C7H9N/c1-15-21-11-17-7-3-5-9-19(17)13-23(21)16(2)24-14-20-10-6-4-8-18(20)12-22(15)24;1-14-6-3-8-16(12-14)18-10-5-11-19(20-18)17-9-4-7-15(2)13-17;1-11-9-10-16-18-13(3)8-7-12(2)17(18)15-6-4-5-14(11)19(15)16;1-9-3-5-11-7-8-12-6-4-10(2)16-14(12)13(11)15-9;1-9-5-11-3-4-12-6-10(2)8-16-14(12)13(11)15-7-9;1-8-3-10-5-11-4-9(2)7-15-13(11)12(10)14-6-8;1-9-5-3-7-11(13-9)12-8-4-6-10(2)14-12;1-6-3-4-7(2)8-5-6;1-6-4-3-5-7(2)8-6/h3-14H,1-2H3;3-13H,1-2H3;4-10H,1-3H3;2*3-8H,1-2H3;3-4,6-7H,5H2,1-2H3;3-8H,1-2H3;2*3-5H,1-2H3. The lowest BCUT2D eigenvalue weighted by atomic mass is 9.90. The first-order valence-corrected chi connectivity index (χ1v) is 48.0. The molecule has 0 fully saturated rings. The highest BCUT2D eigenvalue weighted by atomic mass is 14.8. The van der Waals surface area contributed by atoms with Gasteiger partial charge in [0.05, 0.1) is 56.2 Å². The van der Waals surface area contributed by atoms with Gasteiger partial charge in [0, 0.05) is 110 Å². The maximum absolute atomic E-state index is 4.80. The summed E-state index contributed by atoms with van der Waals surface area (Å²) in [5.41, 5.74) is 43.4. The van der Waals surface area contributed by atoms with Gasteiger partial charge in [0.2, 0.25) is 0 Å². The van der Waals surface area contributed by atoms with Crippen molar-refractivity contribution in [1.82, 2.24) is 54.8 Å². The van der Waals surface area contributed by atoms with Crippen LogP contribution in [0.15, 0.2) is 353 Å². The molecule has 25 rings (SSSR count). The third kappa shape index (κ3) is 22.0. The summed E-state index contributed by atoms with van der Waals surface area (Å²) in [6.45, 7) is 39.6. The van der Waals surface area contributed by atoms with Gasteiger partial charge in [0.15, 0.2) is 0 Å². The van der Waals surface area contributed by atoms with Crippen molar-refractivity contribution in [2.45, 2.75) is 138 Å². The van der Waals surface area contributed by atoms with Crippen molar-refractivity contribution in [2.75, 3.05) is 0 Å². The Morgan fingerprint density at radius 2 is 0.550 bits per heavy atom. The van der Waals surface area contributed by atoms with Gasteiger partial charge >= 0.3 is 0 Å². The number of hydrogen-bond donors (Lipinski definition) is 0. The lowest BCUT2D eigenvalue weighted by Gasteiger charge is -2.14. The molecule has 11 heteroatoms. The summed E-state index contributed by atoms with van der Waals surface area (Å²) in [7, 11) is 0. The molecule has 140 heavy (non-hydrogen) atoms. The molecule has 0 aliphatic heterocycles. The van der Waals surface area contributed by atoms with Crippen molar-refractivity contribution < 1.29 is 0 Å². The molecule has 0 N–H and O–H groups in total. The van der Waals surface area contributed by atoms with E-state index in [-0.39, 0.29) is 0 Å². The Hall–Kier alpha value is -16.4. The largest absolute Gasteiger partial charge is 0.261 e. The van der Waals surface area contributed by atoms with E-state index in [1.807, 2.05) is 159 Å². The molecule has 0 atom stereocenters. The Bertz CT molecular complexity index is 8050. The molecule has 0 saturated heterocycles. The second-order valence-corrected chi connectivity index (χ2v) is 37.3. The number of nitrogens with zero attached hydrogens (tertiary/aromatic N) is 11. The Balaban J connectivity index is 0.000000110. The molecule has 688 valence electrons. The fourth-order valence-electron chi connectivity index (χ4n) is 18.6. The van der Waals surface area contributed by atoms with Crippen LogP contribution in [0.1, 0.15) is 118 Å². The van der Waals surface area contributed by atoms with Crippen LogP contribution >= 0.6 is 0 Å². The highest BCUT2D eigenvalue weighted by molar-refractivity contribution is 6.18. The summed E-state index contributed by atoms with van der Waals surface area (Å²) < 4.78 is 0. The van der Waals surface area contributed by atoms with Crippen LogP contribution in [-0.2, 0) is 6.42 Å². The molecule has 0 amide bonds. The molecular formula is C129H117N11. The second-order valence-electron chi connectivity index (χ2n) is 37.3. The van der Waals surface area contributed by atoms with Gasteiger partial charge in [-0.2, -0.15) is 0 Å². The highest BCUT2D eigenvalue weighted by Crippen LogP contribution is 2.51. The summed E-state index contributed by atoms with van der Waals surface area (Å²) in [5, 5.41) is 18.2. The molecule has 0 radical (unpaired) electrons. The van der Waals surface area contributed by atoms with Crippen molar-refractivity contribution in [3.63, 3.8) is 0 Å². The molecule has 11 heterocycles. The van der Waals surface area contributed by atoms with E-state index < -0.39 is 0 Å². The lowest BCUT2D eigenvalue weighted by Crippen LogP contribution is -1.90. The fraction of sp³-hybridized carbons (Fsp3) is 0.155. The summed E-state index contributed by atoms with van der Waals surface area (Å²) in [6, 6.07) is 113. The molecule has 11 aromatic heterocycles. The Morgan fingerprint density at radius 1 is 0.193 bits per heavy atom. The summed E-state index contributed by atoms with van der Waals surface area (Å²) in [4.78, 5) is 48.9. The number of rotatable bonds is 3. The van der Waals surface area contributed by atoms with Crippen molar-refractivity contribution >= 4 is 97.5 Å². The predicted octanol–water partition coefficient (Wildman–Crippen LogP) is 33.0. The van der Waals surface area contributed by atoms with Crippen molar-refractivity contribution in [2.24, 2.45) is 0 Å². The van der Waals surface area contributed by atoms with Gasteiger partial charge in [0.1, 0.15) is 0 Å². The van der Waals surface area contributed by atoms with Crippen molar-refractivity contribution in [1.29, 1.82) is 0 Å². The number of aromatic nitrogens is 11. The van der Waals surface area contributed by atoms with Gasteiger partial charge < -0.3 is 0 Å². The fourth-order valence-corrected chi connectivity index (χ4v) is 18.6. The van der Waals surface area contributed by atoms with E-state index in [0.717, 1.165) is 124 Å². The number of pyridine rings is 11. The lowest BCUT2D eigenvalue weighted by molar-refractivity contribution is 1.12. The number of fused-ring (bicyclic) bond motifs is 16. The summed E-state index contributed by atoms with van der Waals surface area (Å²) in [5.74, 6) is 0. The normalized spacial score (nSPS) is 11.1. The van der Waals surface area contributed by atoms with E-state index in [4.69, 9.17) is 4.98 Å². The van der Waals surface area contributed by atoms with Gasteiger partial charge in [-0.05, 0) is 390 Å². The zero-order valence-corrected chi connectivity index (χ0v) is 83.6. The molecule has 0 bridgehead atoms. The summed E-state index contributed by atoms with van der Waals surface area (Å²) in [6.07, 6.45) is 10.5. The maximum atomic E-state index is 4.80. The minimum Gasteiger partial charge on any atom is -0.261 e. The minimum absolute atomic E-state index is 0.939. The van der Waals surface area contributed by atoms with Crippen LogP contribution < -0.4 is 0 Å². The third-order valence-electron chi connectivity index (χ3n) is 25.7. The van der Waals surface area contributed by atoms with Crippen LogP contribution in [0.4, 0.5) is 0 Å². The topological polar surface area (TPSA) is 142 Å². The van der Waals surface area contributed by atoms with Gasteiger partial charge in [-0.3, -0.25) is 49.8 Å². The van der Waals surface area contributed by atoms with Crippen molar-refractivity contribution in [3.05, 3.63) is 470 Å². The summed E-state index contributed by atoms with van der Waals surface area (Å²) >= 11 is 0. The van der Waals surface area contributed by atoms with Crippen LogP contribution in [0.5, 0.6) is 0 Å². The molecule has 2 aliphatic carbocycles. The molecule has 0 saturated carbocycles. The molecule has 23 aromatic rings. The molecule has 0 unspecified atom stereocenters. The third-order valence-corrected chi connectivity index (χ3v) is 25.7. The van der Waals surface area contributed by atoms with E-state index in [9.17, 15) is 0 Å².